The zero-order chi connectivity index (χ0) is 9.03. The largest absolute Gasteiger partial charge is 0.481 e. The van der Waals surface area contributed by atoms with Gasteiger partial charge < -0.3 is 5.11 Å². The van der Waals surface area contributed by atoms with Gasteiger partial charge >= 0.3 is 5.97 Å². The molecule has 0 bridgehead atoms. The first-order valence-corrected chi connectivity index (χ1v) is 4.62. The molecule has 1 N–H and O–H groups in total. The third-order valence-electron chi connectivity index (χ3n) is 2.59. The molecule has 0 heterocycles. The number of hydrogen-bond donors (Lipinski definition) is 1. The molecule has 0 aromatic heterocycles. The highest BCUT2D eigenvalue weighted by Crippen LogP contribution is 2.39. The van der Waals surface area contributed by atoms with E-state index in [1.54, 1.807) is 0 Å². The van der Waals surface area contributed by atoms with Gasteiger partial charge in [-0.25, -0.2) is 0 Å². The molecule has 2 nitrogen and oxygen atoms in total. The minimum Gasteiger partial charge on any atom is -0.481 e. The summed E-state index contributed by atoms with van der Waals surface area (Å²) in [6.45, 7) is 2.03. The number of carboxylic acid groups (broad SMARTS) is 1. The second kappa shape index (κ2) is 3.74. The highest BCUT2D eigenvalue weighted by molar-refractivity contribution is 5.77. The normalized spacial score (nSPS) is 21.8. The van der Waals surface area contributed by atoms with Gasteiger partial charge in [0, 0.05) is 0 Å². The van der Waals surface area contributed by atoms with Gasteiger partial charge in [0.1, 0.15) is 0 Å². The Hall–Kier alpha value is -0.790. The summed E-state index contributed by atoms with van der Waals surface area (Å²) in [5.74, 6) is -0.648. The molecular weight excluding hydrogens is 152 g/mol. The fourth-order valence-electron chi connectivity index (χ4n) is 1.80. The summed E-state index contributed by atoms with van der Waals surface area (Å²) in [6.07, 6.45) is 8.54. The van der Waals surface area contributed by atoms with E-state index in [1.807, 2.05) is 19.1 Å². The Balaban J connectivity index is 2.72. The van der Waals surface area contributed by atoms with Crippen molar-refractivity contribution in [3.63, 3.8) is 0 Å². The van der Waals surface area contributed by atoms with Crippen molar-refractivity contribution in [1.82, 2.24) is 0 Å². The average molecular weight is 168 g/mol. The van der Waals surface area contributed by atoms with Crippen LogP contribution in [-0.2, 0) is 4.79 Å². The molecule has 0 unspecified atom stereocenters. The maximum atomic E-state index is 11.0. The first-order chi connectivity index (χ1) is 5.71. The summed E-state index contributed by atoms with van der Waals surface area (Å²) >= 11 is 0. The Morgan fingerprint density at radius 1 is 1.50 bits per heavy atom. The number of aliphatic carboxylic acids is 1. The van der Waals surface area contributed by atoms with Gasteiger partial charge in [0.2, 0.25) is 0 Å². The predicted octanol–water partition coefficient (Wildman–Crippen LogP) is 2.60. The Bertz CT molecular complexity index is 188. The summed E-state index contributed by atoms with van der Waals surface area (Å²) in [7, 11) is 0. The van der Waals surface area contributed by atoms with Crippen molar-refractivity contribution in [3.05, 3.63) is 12.2 Å². The molecule has 2 heteroatoms. The van der Waals surface area contributed by atoms with Crippen molar-refractivity contribution < 1.29 is 9.90 Å². The van der Waals surface area contributed by atoms with E-state index in [0.29, 0.717) is 0 Å². The molecule has 0 radical (unpaired) electrons. The first-order valence-electron chi connectivity index (χ1n) is 4.62. The number of hydrogen-bond acceptors (Lipinski definition) is 1. The van der Waals surface area contributed by atoms with E-state index >= 15 is 0 Å². The van der Waals surface area contributed by atoms with Crippen molar-refractivity contribution in [1.29, 1.82) is 0 Å². The van der Waals surface area contributed by atoms with Crippen molar-refractivity contribution in [2.45, 2.75) is 39.0 Å². The van der Waals surface area contributed by atoms with E-state index in [1.165, 1.54) is 0 Å². The van der Waals surface area contributed by atoms with Gasteiger partial charge in [-0.1, -0.05) is 31.9 Å². The van der Waals surface area contributed by atoms with Crippen molar-refractivity contribution in [2.24, 2.45) is 5.41 Å². The molecule has 1 aliphatic carbocycles. The second-order valence-corrected chi connectivity index (χ2v) is 3.48. The fraction of sp³-hybridized carbons (Fsp3) is 0.700. The molecule has 0 aromatic carbocycles. The SMILES string of the molecule is CC/C=C/C1(C(=O)O)CCCC1. The Labute approximate surface area is 73.3 Å². The van der Waals surface area contributed by atoms with Crippen LogP contribution in [0.25, 0.3) is 0 Å². The van der Waals surface area contributed by atoms with Gasteiger partial charge in [-0.05, 0) is 19.3 Å². The van der Waals surface area contributed by atoms with E-state index in [2.05, 4.69) is 0 Å². The topological polar surface area (TPSA) is 37.3 Å². The molecule has 1 saturated carbocycles. The molecule has 0 amide bonds. The molecule has 1 aliphatic rings. The Morgan fingerprint density at radius 3 is 2.50 bits per heavy atom. The van der Waals surface area contributed by atoms with Crippen LogP contribution in [-0.4, -0.2) is 11.1 Å². The average Bonchev–Trinajstić information content (AvgIpc) is 2.50. The molecule has 0 atom stereocenters. The van der Waals surface area contributed by atoms with Gasteiger partial charge in [-0.2, -0.15) is 0 Å². The van der Waals surface area contributed by atoms with Gasteiger partial charge in [0.15, 0.2) is 0 Å². The minimum absolute atomic E-state index is 0.518. The smallest absolute Gasteiger partial charge is 0.313 e. The lowest BCUT2D eigenvalue weighted by molar-refractivity contribution is -0.145. The lowest BCUT2D eigenvalue weighted by atomic mass is 9.86. The Kier molecular flexibility index (Phi) is 2.90. The van der Waals surface area contributed by atoms with Crippen LogP contribution in [0.2, 0.25) is 0 Å². The lowest BCUT2D eigenvalue weighted by Gasteiger charge is -2.18. The fourth-order valence-corrected chi connectivity index (χ4v) is 1.80. The molecule has 68 valence electrons. The highest BCUT2D eigenvalue weighted by atomic mass is 16.4. The molecule has 0 aliphatic heterocycles. The number of rotatable bonds is 3. The molecular formula is C10H16O2. The van der Waals surface area contributed by atoms with E-state index in [-0.39, 0.29) is 0 Å². The van der Waals surface area contributed by atoms with E-state index < -0.39 is 11.4 Å². The monoisotopic (exact) mass is 168 g/mol. The van der Waals surface area contributed by atoms with Crippen LogP contribution in [0.1, 0.15) is 39.0 Å². The zero-order valence-corrected chi connectivity index (χ0v) is 7.55. The summed E-state index contributed by atoms with van der Waals surface area (Å²) in [5, 5.41) is 9.04. The zero-order valence-electron chi connectivity index (χ0n) is 7.55. The van der Waals surface area contributed by atoms with Crippen molar-refractivity contribution >= 4 is 5.97 Å². The molecule has 0 saturated heterocycles. The van der Waals surface area contributed by atoms with Crippen LogP contribution in [0.3, 0.4) is 0 Å². The van der Waals surface area contributed by atoms with E-state index in [4.69, 9.17) is 5.11 Å². The van der Waals surface area contributed by atoms with Crippen LogP contribution in [0.5, 0.6) is 0 Å². The molecule has 0 aromatic rings. The molecule has 1 fully saturated rings. The summed E-state index contributed by atoms with van der Waals surface area (Å²) < 4.78 is 0. The quantitative estimate of drug-likeness (QED) is 0.658. The number of carboxylic acids is 1. The second-order valence-electron chi connectivity index (χ2n) is 3.48. The number of allylic oxidation sites excluding steroid dienone is 1. The van der Waals surface area contributed by atoms with Crippen LogP contribution in [0.4, 0.5) is 0 Å². The van der Waals surface area contributed by atoms with Gasteiger partial charge in [0.25, 0.3) is 0 Å². The standard InChI is InChI=1S/C10H16O2/c1-2-3-6-10(9(11)12)7-4-5-8-10/h3,6H,2,4-5,7-8H2,1H3,(H,11,12)/b6-3+. The van der Waals surface area contributed by atoms with Crippen LogP contribution >= 0.6 is 0 Å². The van der Waals surface area contributed by atoms with Crippen LogP contribution in [0, 0.1) is 5.41 Å². The predicted molar refractivity (Wildman–Crippen MR) is 48.0 cm³/mol. The van der Waals surface area contributed by atoms with Crippen molar-refractivity contribution in [2.75, 3.05) is 0 Å². The molecule has 0 spiro atoms. The number of carbonyl (C=O) groups is 1. The summed E-state index contributed by atoms with van der Waals surface area (Å²) in [6, 6.07) is 0. The third kappa shape index (κ3) is 1.68. The van der Waals surface area contributed by atoms with Gasteiger partial charge in [-0.3, -0.25) is 4.79 Å². The molecule has 12 heavy (non-hydrogen) atoms. The minimum atomic E-state index is -0.648. The van der Waals surface area contributed by atoms with Crippen LogP contribution < -0.4 is 0 Å². The maximum Gasteiger partial charge on any atom is 0.313 e. The van der Waals surface area contributed by atoms with Gasteiger partial charge in [-0.15, -0.1) is 0 Å². The third-order valence-corrected chi connectivity index (χ3v) is 2.59. The summed E-state index contributed by atoms with van der Waals surface area (Å²) in [5.41, 5.74) is -0.518. The van der Waals surface area contributed by atoms with E-state index in [9.17, 15) is 4.79 Å². The van der Waals surface area contributed by atoms with E-state index in [0.717, 1.165) is 32.1 Å². The van der Waals surface area contributed by atoms with Crippen molar-refractivity contribution in [3.8, 4) is 0 Å². The lowest BCUT2D eigenvalue weighted by Crippen LogP contribution is -2.24. The maximum absolute atomic E-state index is 11.0. The first kappa shape index (κ1) is 9.30. The highest BCUT2D eigenvalue weighted by Gasteiger charge is 2.38. The van der Waals surface area contributed by atoms with Crippen LogP contribution in [0.15, 0.2) is 12.2 Å². The van der Waals surface area contributed by atoms with Gasteiger partial charge in [0.05, 0.1) is 5.41 Å². The molecule has 1 rings (SSSR count). The Morgan fingerprint density at radius 2 is 2.08 bits per heavy atom. The summed E-state index contributed by atoms with van der Waals surface area (Å²) in [4.78, 5) is 11.0.